The first-order chi connectivity index (χ1) is 12.4. The van der Waals surface area contributed by atoms with Crippen LogP contribution in [0.25, 0.3) is 11.3 Å². The SMILES string of the molecule is C/C(=N/Nc1nc(-c2cccc([N+](=O)[O-])c2)cs1)c1ccc(Cl)c(Cl)c1. The molecule has 0 spiro atoms. The Labute approximate surface area is 163 Å². The highest BCUT2D eigenvalue weighted by Crippen LogP contribution is 2.28. The third kappa shape index (κ3) is 4.19. The van der Waals surface area contributed by atoms with E-state index in [1.54, 1.807) is 24.3 Å². The van der Waals surface area contributed by atoms with Crippen LogP contribution in [0, 0.1) is 10.1 Å². The van der Waals surface area contributed by atoms with Gasteiger partial charge in [0.2, 0.25) is 5.13 Å². The summed E-state index contributed by atoms with van der Waals surface area (Å²) in [6.07, 6.45) is 0. The molecule has 1 aromatic heterocycles. The van der Waals surface area contributed by atoms with Gasteiger partial charge in [-0.3, -0.25) is 15.5 Å². The summed E-state index contributed by atoms with van der Waals surface area (Å²) in [5.41, 5.74) is 5.79. The fourth-order valence-corrected chi connectivity index (χ4v) is 3.11. The zero-order valence-electron chi connectivity index (χ0n) is 13.4. The topological polar surface area (TPSA) is 80.4 Å². The highest BCUT2D eigenvalue weighted by molar-refractivity contribution is 7.14. The minimum Gasteiger partial charge on any atom is -0.258 e. The minimum atomic E-state index is -0.431. The second-order valence-electron chi connectivity index (χ2n) is 5.28. The van der Waals surface area contributed by atoms with Crippen molar-refractivity contribution in [1.82, 2.24) is 4.98 Å². The molecule has 132 valence electrons. The van der Waals surface area contributed by atoms with Gasteiger partial charge in [0.1, 0.15) is 0 Å². The highest BCUT2D eigenvalue weighted by atomic mass is 35.5. The van der Waals surface area contributed by atoms with Crippen LogP contribution >= 0.6 is 34.5 Å². The van der Waals surface area contributed by atoms with Crippen LogP contribution in [0.15, 0.2) is 52.9 Å². The first-order valence-corrected chi connectivity index (χ1v) is 9.03. The molecule has 0 saturated heterocycles. The van der Waals surface area contributed by atoms with Crippen LogP contribution in [-0.4, -0.2) is 15.6 Å². The molecule has 0 fully saturated rings. The van der Waals surface area contributed by atoms with Crippen LogP contribution in [-0.2, 0) is 0 Å². The average molecular weight is 407 g/mol. The van der Waals surface area contributed by atoms with Gasteiger partial charge in [-0.1, -0.05) is 41.4 Å². The summed E-state index contributed by atoms with van der Waals surface area (Å²) in [6.45, 7) is 1.83. The van der Waals surface area contributed by atoms with Crippen LogP contribution in [0.3, 0.4) is 0 Å². The minimum absolute atomic E-state index is 0.0264. The molecule has 0 radical (unpaired) electrons. The molecule has 0 amide bonds. The van der Waals surface area contributed by atoms with E-state index >= 15 is 0 Å². The van der Waals surface area contributed by atoms with Crippen molar-refractivity contribution in [3.05, 3.63) is 73.6 Å². The third-order valence-corrected chi connectivity index (χ3v) is 5.00. The number of nitrogens with zero attached hydrogens (tertiary/aromatic N) is 3. The monoisotopic (exact) mass is 406 g/mol. The number of rotatable bonds is 5. The maximum absolute atomic E-state index is 10.9. The number of non-ortho nitro benzene ring substituents is 1. The Morgan fingerprint density at radius 3 is 2.77 bits per heavy atom. The van der Waals surface area contributed by atoms with E-state index in [1.807, 2.05) is 18.4 Å². The molecule has 0 aliphatic carbocycles. The van der Waals surface area contributed by atoms with Gasteiger partial charge < -0.3 is 0 Å². The summed E-state index contributed by atoms with van der Waals surface area (Å²) in [6, 6.07) is 11.6. The second-order valence-corrected chi connectivity index (χ2v) is 6.96. The predicted molar refractivity (Wildman–Crippen MR) is 107 cm³/mol. The number of hydrogen-bond acceptors (Lipinski definition) is 6. The van der Waals surface area contributed by atoms with Gasteiger partial charge in [-0.15, -0.1) is 11.3 Å². The van der Waals surface area contributed by atoms with Crippen molar-refractivity contribution >= 4 is 51.1 Å². The first-order valence-electron chi connectivity index (χ1n) is 7.40. The Kier molecular flexibility index (Phi) is 5.51. The van der Waals surface area contributed by atoms with Gasteiger partial charge in [0, 0.05) is 23.1 Å². The van der Waals surface area contributed by atoms with Crippen molar-refractivity contribution in [3.63, 3.8) is 0 Å². The van der Waals surface area contributed by atoms with Gasteiger partial charge >= 0.3 is 0 Å². The number of nitro benzene ring substituents is 1. The number of nitro groups is 1. The number of halogens is 2. The lowest BCUT2D eigenvalue weighted by atomic mass is 10.1. The normalized spacial score (nSPS) is 11.4. The molecule has 3 aromatic rings. The van der Waals surface area contributed by atoms with E-state index < -0.39 is 4.92 Å². The Bertz CT molecular complexity index is 1000. The molecule has 0 saturated carbocycles. The molecule has 0 aliphatic rings. The van der Waals surface area contributed by atoms with Crippen molar-refractivity contribution in [2.24, 2.45) is 5.10 Å². The first kappa shape index (κ1) is 18.3. The Balaban J connectivity index is 1.77. The van der Waals surface area contributed by atoms with Crippen molar-refractivity contribution in [1.29, 1.82) is 0 Å². The highest BCUT2D eigenvalue weighted by Gasteiger charge is 2.10. The zero-order valence-corrected chi connectivity index (χ0v) is 15.8. The summed E-state index contributed by atoms with van der Waals surface area (Å²) in [7, 11) is 0. The van der Waals surface area contributed by atoms with E-state index in [0.717, 1.165) is 11.3 Å². The molecule has 9 heteroatoms. The largest absolute Gasteiger partial charge is 0.270 e. The second kappa shape index (κ2) is 7.82. The number of nitrogens with one attached hydrogen (secondary N) is 1. The Morgan fingerprint density at radius 2 is 2.04 bits per heavy atom. The molecule has 3 rings (SSSR count). The molecule has 6 nitrogen and oxygen atoms in total. The van der Waals surface area contributed by atoms with E-state index in [1.165, 1.54) is 23.5 Å². The van der Waals surface area contributed by atoms with Crippen molar-refractivity contribution in [3.8, 4) is 11.3 Å². The summed E-state index contributed by atoms with van der Waals surface area (Å²) in [5.74, 6) is 0. The van der Waals surface area contributed by atoms with Gasteiger partial charge in [-0.25, -0.2) is 4.98 Å². The number of benzene rings is 2. The maximum Gasteiger partial charge on any atom is 0.270 e. The smallest absolute Gasteiger partial charge is 0.258 e. The maximum atomic E-state index is 10.9. The molecule has 0 aliphatic heterocycles. The summed E-state index contributed by atoms with van der Waals surface area (Å²) >= 11 is 13.3. The number of hydrazone groups is 1. The van der Waals surface area contributed by atoms with Gasteiger partial charge in [0.05, 0.1) is 26.4 Å². The lowest BCUT2D eigenvalue weighted by Gasteiger charge is -2.03. The van der Waals surface area contributed by atoms with E-state index in [2.05, 4.69) is 15.5 Å². The van der Waals surface area contributed by atoms with E-state index in [4.69, 9.17) is 23.2 Å². The molecular formula is C17H12Cl2N4O2S. The fourth-order valence-electron chi connectivity index (χ4n) is 2.15. The summed E-state index contributed by atoms with van der Waals surface area (Å²) < 4.78 is 0. The van der Waals surface area contributed by atoms with Crippen LogP contribution < -0.4 is 5.43 Å². The molecule has 1 N–H and O–H groups in total. The van der Waals surface area contributed by atoms with Crippen molar-refractivity contribution in [2.75, 3.05) is 5.43 Å². The van der Waals surface area contributed by atoms with Gasteiger partial charge in [0.25, 0.3) is 5.69 Å². The standard InChI is InChI=1S/C17H12Cl2N4O2S/c1-10(11-5-6-14(18)15(19)8-11)21-22-17-20-16(9-26-17)12-3-2-4-13(7-12)23(24)25/h2-9H,1H3,(H,20,22)/b21-10-. The molecule has 0 unspecified atom stereocenters. The van der Waals surface area contributed by atoms with Crippen LogP contribution in [0.1, 0.15) is 12.5 Å². The van der Waals surface area contributed by atoms with Gasteiger partial charge in [0.15, 0.2) is 0 Å². The molecule has 2 aromatic carbocycles. The Hall–Kier alpha value is -2.48. The summed E-state index contributed by atoms with van der Waals surface area (Å²) in [5, 5.41) is 18.5. The molecule has 26 heavy (non-hydrogen) atoms. The fraction of sp³-hybridized carbons (Fsp3) is 0.0588. The van der Waals surface area contributed by atoms with E-state index in [9.17, 15) is 10.1 Å². The third-order valence-electron chi connectivity index (χ3n) is 3.51. The van der Waals surface area contributed by atoms with E-state index in [0.29, 0.717) is 26.4 Å². The average Bonchev–Trinajstić information content (AvgIpc) is 3.11. The predicted octanol–water partition coefficient (Wildman–Crippen LogP) is 5.86. The van der Waals surface area contributed by atoms with Gasteiger partial charge in [-0.05, 0) is 24.6 Å². The number of anilines is 1. The Morgan fingerprint density at radius 1 is 1.23 bits per heavy atom. The quantitative estimate of drug-likeness (QED) is 0.326. The van der Waals surface area contributed by atoms with Gasteiger partial charge in [-0.2, -0.15) is 5.10 Å². The van der Waals surface area contributed by atoms with Crippen molar-refractivity contribution in [2.45, 2.75) is 6.92 Å². The molecule has 0 atom stereocenters. The number of hydrogen-bond donors (Lipinski definition) is 1. The summed E-state index contributed by atoms with van der Waals surface area (Å²) in [4.78, 5) is 14.9. The van der Waals surface area contributed by atoms with Crippen LogP contribution in [0.4, 0.5) is 10.8 Å². The van der Waals surface area contributed by atoms with Crippen LogP contribution in [0.2, 0.25) is 10.0 Å². The van der Waals surface area contributed by atoms with E-state index in [-0.39, 0.29) is 5.69 Å². The molecule has 1 heterocycles. The molecule has 0 bridgehead atoms. The lowest BCUT2D eigenvalue weighted by Crippen LogP contribution is -1.99. The number of aromatic nitrogens is 1. The lowest BCUT2D eigenvalue weighted by molar-refractivity contribution is -0.384. The molecular weight excluding hydrogens is 395 g/mol. The number of thiazole rings is 1. The van der Waals surface area contributed by atoms with Crippen molar-refractivity contribution < 1.29 is 4.92 Å². The zero-order chi connectivity index (χ0) is 18.7. The van der Waals surface area contributed by atoms with Crippen LogP contribution in [0.5, 0.6) is 0 Å².